The van der Waals surface area contributed by atoms with Gasteiger partial charge in [0, 0.05) is 33.4 Å². The molecule has 0 amide bonds. The summed E-state index contributed by atoms with van der Waals surface area (Å²) in [6.45, 7) is 8.78. The topological polar surface area (TPSA) is 16.1 Å². The van der Waals surface area contributed by atoms with Gasteiger partial charge < -0.3 is 4.90 Å². The molecule has 0 N–H and O–H groups in total. The third-order valence-corrected chi connectivity index (χ3v) is 4.09. The molecule has 1 aromatic heterocycles. The fourth-order valence-electron chi connectivity index (χ4n) is 2.47. The number of halogens is 1. The minimum atomic E-state index is 1.10. The predicted octanol–water partition coefficient (Wildman–Crippen LogP) is 4.77. The minimum Gasteiger partial charge on any atom is -0.371 e. The van der Waals surface area contributed by atoms with Crippen molar-refractivity contribution >= 4 is 39.2 Å². The Morgan fingerprint density at radius 1 is 1.16 bits per heavy atom. The first-order valence-corrected chi connectivity index (χ1v) is 8.06. The lowest BCUT2D eigenvalue weighted by Crippen LogP contribution is -2.25. The lowest BCUT2D eigenvalue weighted by molar-refractivity contribution is 0.746. The number of hydrogen-bond acceptors (Lipinski definition) is 2. The van der Waals surface area contributed by atoms with Gasteiger partial charge in [-0.15, -0.1) is 0 Å². The fraction of sp³-hybridized carbons (Fsp3) is 0.438. The molecular formula is C16H21IN2. The Labute approximate surface area is 129 Å². The normalized spacial score (nSPS) is 10.9. The monoisotopic (exact) mass is 368 g/mol. The Balaban J connectivity index is 2.60. The van der Waals surface area contributed by atoms with Crippen molar-refractivity contribution in [2.75, 3.05) is 18.0 Å². The molecule has 2 rings (SSSR count). The summed E-state index contributed by atoms with van der Waals surface area (Å²) in [4.78, 5) is 7.20. The average molecular weight is 368 g/mol. The van der Waals surface area contributed by atoms with Crippen LogP contribution in [0.1, 0.15) is 32.4 Å². The van der Waals surface area contributed by atoms with Crippen LogP contribution in [-0.2, 0) is 0 Å². The summed E-state index contributed by atoms with van der Waals surface area (Å²) in [5.74, 6) is 0. The quantitative estimate of drug-likeness (QED) is 0.707. The summed E-state index contributed by atoms with van der Waals surface area (Å²) in [5.41, 5.74) is 3.57. The zero-order valence-corrected chi connectivity index (χ0v) is 14.1. The molecule has 3 heteroatoms. The summed E-state index contributed by atoms with van der Waals surface area (Å²) in [6, 6.07) is 8.67. The maximum Gasteiger partial charge on any atom is 0.0859 e. The smallest absolute Gasteiger partial charge is 0.0859 e. The molecule has 0 atom stereocenters. The van der Waals surface area contributed by atoms with Gasteiger partial charge in [0.15, 0.2) is 0 Å². The second-order valence-corrected chi connectivity index (χ2v) is 6.07. The molecule has 0 aliphatic rings. The Kier molecular flexibility index (Phi) is 5.02. The number of rotatable bonds is 5. The molecule has 0 unspecified atom stereocenters. The molecule has 102 valence electrons. The van der Waals surface area contributed by atoms with Crippen LogP contribution in [-0.4, -0.2) is 18.1 Å². The molecule has 0 aliphatic carbocycles. The number of fused-ring (bicyclic) bond motifs is 1. The third-order valence-electron chi connectivity index (χ3n) is 3.22. The number of aromatic nitrogens is 1. The van der Waals surface area contributed by atoms with Crippen LogP contribution in [0, 0.1) is 10.5 Å². The van der Waals surface area contributed by atoms with Gasteiger partial charge in [-0.25, -0.2) is 0 Å². The van der Waals surface area contributed by atoms with Crippen LogP contribution < -0.4 is 4.90 Å². The van der Waals surface area contributed by atoms with E-state index in [-0.39, 0.29) is 0 Å². The summed E-state index contributed by atoms with van der Waals surface area (Å²) < 4.78 is 1.23. The fourth-order valence-corrected chi connectivity index (χ4v) is 3.09. The maximum atomic E-state index is 4.70. The summed E-state index contributed by atoms with van der Waals surface area (Å²) in [6.07, 6.45) is 2.35. The highest BCUT2D eigenvalue weighted by Crippen LogP contribution is 2.29. The van der Waals surface area contributed by atoms with Crippen molar-refractivity contribution < 1.29 is 0 Å². The highest BCUT2D eigenvalue weighted by Gasteiger charge is 2.12. The zero-order chi connectivity index (χ0) is 13.8. The highest BCUT2D eigenvalue weighted by atomic mass is 127. The van der Waals surface area contributed by atoms with E-state index in [1.165, 1.54) is 27.5 Å². The van der Waals surface area contributed by atoms with Crippen molar-refractivity contribution in [2.24, 2.45) is 0 Å². The van der Waals surface area contributed by atoms with Gasteiger partial charge in [0.05, 0.1) is 5.52 Å². The Bertz CT molecular complexity index is 560. The molecule has 0 bridgehead atoms. The van der Waals surface area contributed by atoms with Crippen LogP contribution in [0.3, 0.4) is 0 Å². The Hall–Kier alpha value is -0.840. The van der Waals surface area contributed by atoms with Crippen molar-refractivity contribution in [3.8, 4) is 0 Å². The standard InChI is InChI=1S/C16H21IN2/c1-4-9-19(10-5-2)15-11-12(3)18-16-13(15)7-6-8-14(16)17/h6-8,11H,4-5,9-10H2,1-3H3. The molecule has 0 radical (unpaired) electrons. The van der Waals surface area contributed by atoms with E-state index in [1.54, 1.807) is 0 Å². The number of nitrogens with zero attached hydrogens (tertiary/aromatic N) is 2. The zero-order valence-electron chi connectivity index (χ0n) is 11.9. The van der Waals surface area contributed by atoms with Crippen molar-refractivity contribution in [2.45, 2.75) is 33.6 Å². The molecule has 19 heavy (non-hydrogen) atoms. The van der Waals surface area contributed by atoms with Gasteiger partial charge in [-0.3, -0.25) is 4.98 Å². The van der Waals surface area contributed by atoms with Crippen molar-refractivity contribution in [3.63, 3.8) is 0 Å². The number of para-hydroxylation sites is 1. The average Bonchev–Trinajstić information content (AvgIpc) is 2.39. The first-order chi connectivity index (χ1) is 9.17. The molecule has 2 nitrogen and oxygen atoms in total. The minimum absolute atomic E-state index is 1.10. The van der Waals surface area contributed by atoms with Crippen molar-refractivity contribution in [3.05, 3.63) is 33.5 Å². The Morgan fingerprint density at radius 3 is 2.47 bits per heavy atom. The molecule has 0 saturated carbocycles. The van der Waals surface area contributed by atoms with Crippen LogP contribution in [0.25, 0.3) is 10.9 Å². The van der Waals surface area contributed by atoms with E-state index in [0.717, 1.165) is 24.3 Å². The molecule has 0 saturated heterocycles. The Morgan fingerprint density at radius 2 is 1.84 bits per heavy atom. The van der Waals surface area contributed by atoms with E-state index in [0.29, 0.717) is 0 Å². The molecule has 1 aromatic carbocycles. The summed E-state index contributed by atoms with van der Waals surface area (Å²) in [7, 11) is 0. The van der Waals surface area contributed by atoms with Crippen LogP contribution in [0.15, 0.2) is 24.3 Å². The first kappa shape index (κ1) is 14.6. The number of hydrogen-bond donors (Lipinski definition) is 0. The van der Waals surface area contributed by atoms with E-state index in [4.69, 9.17) is 4.98 Å². The molecule has 1 heterocycles. The van der Waals surface area contributed by atoms with E-state index >= 15 is 0 Å². The number of aryl methyl sites for hydroxylation is 1. The van der Waals surface area contributed by atoms with Crippen LogP contribution in [0.5, 0.6) is 0 Å². The van der Waals surface area contributed by atoms with E-state index in [1.807, 2.05) is 0 Å². The maximum absolute atomic E-state index is 4.70. The summed E-state index contributed by atoms with van der Waals surface area (Å²) >= 11 is 2.38. The van der Waals surface area contributed by atoms with E-state index in [9.17, 15) is 0 Å². The van der Waals surface area contributed by atoms with Gasteiger partial charge in [-0.2, -0.15) is 0 Å². The van der Waals surface area contributed by atoms with E-state index in [2.05, 4.69) is 72.5 Å². The van der Waals surface area contributed by atoms with Crippen molar-refractivity contribution in [1.82, 2.24) is 4.98 Å². The van der Waals surface area contributed by atoms with Gasteiger partial charge in [-0.05, 0) is 54.5 Å². The van der Waals surface area contributed by atoms with Crippen molar-refractivity contribution in [1.29, 1.82) is 0 Å². The molecular weight excluding hydrogens is 347 g/mol. The lowest BCUT2D eigenvalue weighted by atomic mass is 10.1. The van der Waals surface area contributed by atoms with E-state index < -0.39 is 0 Å². The third kappa shape index (κ3) is 3.19. The molecule has 0 aliphatic heterocycles. The van der Waals surface area contributed by atoms with Crippen LogP contribution >= 0.6 is 22.6 Å². The SMILES string of the molecule is CCCN(CCC)c1cc(C)nc2c(I)cccc12. The first-order valence-electron chi connectivity index (χ1n) is 6.98. The lowest BCUT2D eigenvalue weighted by Gasteiger charge is -2.25. The highest BCUT2D eigenvalue weighted by molar-refractivity contribution is 14.1. The number of benzene rings is 1. The number of pyridine rings is 1. The van der Waals surface area contributed by atoms with Crippen LogP contribution in [0.2, 0.25) is 0 Å². The predicted molar refractivity (Wildman–Crippen MR) is 92.0 cm³/mol. The molecule has 0 fully saturated rings. The van der Waals surface area contributed by atoms with Gasteiger partial charge >= 0.3 is 0 Å². The molecule has 0 spiro atoms. The molecule has 2 aromatic rings. The second-order valence-electron chi connectivity index (χ2n) is 4.91. The van der Waals surface area contributed by atoms with Gasteiger partial charge in [0.25, 0.3) is 0 Å². The largest absolute Gasteiger partial charge is 0.371 e. The van der Waals surface area contributed by atoms with Gasteiger partial charge in [0.2, 0.25) is 0 Å². The van der Waals surface area contributed by atoms with Gasteiger partial charge in [0.1, 0.15) is 0 Å². The number of anilines is 1. The van der Waals surface area contributed by atoms with Gasteiger partial charge in [-0.1, -0.05) is 26.0 Å². The second kappa shape index (κ2) is 6.55. The van der Waals surface area contributed by atoms with Crippen LogP contribution in [0.4, 0.5) is 5.69 Å². The summed E-state index contributed by atoms with van der Waals surface area (Å²) in [5, 5.41) is 1.28.